The minimum Gasteiger partial charge on any atom is -0.493 e. The molecule has 28 heavy (non-hydrogen) atoms. The maximum absolute atomic E-state index is 12.2. The highest BCUT2D eigenvalue weighted by Gasteiger charge is 2.08. The Hall–Kier alpha value is -3.15. The van der Waals surface area contributed by atoms with Crippen LogP contribution in [0.3, 0.4) is 0 Å². The van der Waals surface area contributed by atoms with Crippen molar-refractivity contribution in [1.29, 1.82) is 0 Å². The maximum Gasteiger partial charge on any atom is 0.248 e. The van der Waals surface area contributed by atoms with Gasteiger partial charge in [0.1, 0.15) is 0 Å². The zero-order valence-corrected chi connectivity index (χ0v) is 16.9. The average Bonchev–Trinajstić information content (AvgIpc) is 2.70. The van der Waals surface area contributed by atoms with Gasteiger partial charge < -0.3 is 24.3 Å². The van der Waals surface area contributed by atoms with Gasteiger partial charge in [0.05, 0.1) is 27.9 Å². The van der Waals surface area contributed by atoms with Crippen LogP contribution >= 0.6 is 0 Å². The van der Waals surface area contributed by atoms with Gasteiger partial charge in [-0.25, -0.2) is 0 Å². The molecule has 6 nitrogen and oxygen atoms in total. The third-order valence-corrected chi connectivity index (χ3v) is 3.84. The summed E-state index contributed by atoms with van der Waals surface area (Å²) in [6, 6.07) is 10.7. The average molecular weight is 385 g/mol. The zero-order valence-electron chi connectivity index (χ0n) is 16.9. The molecule has 2 rings (SSSR count). The summed E-state index contributed by atoms with van der Waals surface area (Å²) in [5.41, 5.74) is 1.44. The molecule has 0 saturated heterocycles. The molecule has 0 fully saturated rings. The van der Waals surface area contributed by atoms with E-state index in [4.69, 9.17) is 18.9 Å². The molecule has 0 saturated carbocycles. The fourth-order valence-corrected chi connectivity index (χ4v) is 2.43. The first-order valence-electron chi connectivity index (χ1n) is 8.98. The van der Waals surface area contributed by atoms with Gasteiger partial charge in [0, 0.05) is 17.8 Å². The number of nitrogens with one attached hydrogen (secondary N) is 1. The highest BCUT2D eigenvalue weighted by atomic mass is 16.5. The summed E-state index contributed by atoms with van der Waals surface area (Å²) in [4.78, 5) is 12.2. The van der Waals surface area contributed by atoms with Gasteiger partial charge in [0.15, 0.2) is 23.0 Å². The molecule has 0 atom stereocenters. The fraction of sp³-hybridized carbons (Fsp3) is 0.318. The Morgan fingerprint density at radius 2 is 1.57 bits per heavy atom. The Labute approximate surface area is 166 Å². The molecule has 0 aliphatic rings. The van der Waals surface area contributed by atoms with E-state index in [0.29, 0.717) is 41.2 Å². The molecule has 150 valence electrons. The van der Waals surface area contributed by atoms with E-state index in [9.17, 15) is 4.79 Å². The molecule has 2 aromatic carbocycles. The smallest absolute Gasteiger partial charge is 0.248 e. The summed E-state index contributed by atoms with van der Waals surface area (Å²) in [5, 5.41) is 2.79. The second-order valence-corrected chi connectivity index (χ2v) is 6.51. The first kappa shape index (κ1) is 21.2. The third-order valence-electron chi connectivity index (χ3n) is 3.84. The minimum atomic E-state index is -0.258. The summed E-state index contributed by atoms with van der Waals surface area (Å²) in [7, 11) is 4.70. The SMILES string of the molecule is COc1ccc(NC(=O)/C=C/c2ccc(OCC(C)C)c(OC)c2)cc1OC. The van der Waals surface area contributed by atoms with Crippen LogP contribution in [0.5, 0.6) is 23.0 Å². The Kier molecular flexibility index (Phi) is 7.75. The van der Waals surface area contributed by atoms with E-state index >= 15 is 0 Å². The lowest BCUT2D eigenvalue weighted by Gasteiger charge is -2.12. The second-order valence-electron chi connectivity index (χ2n) is 6.51. The van der Waals surface area contributed by atoms with Gasteiger partial charge in [-0.05, 0) is 41.8 Å². The number of methoxy groups -OCH3 is 3. The predicted octanol–water partition coefficient (Wildman–Crippen LogP) is 4.40. The Morgan fingerprint density at radius 1 is 0.929 bits per heavy atom. The van der Waals surface area contributed by atoms with Crippen LogP contribution in [0.4, 0.5) is 5.69 Å². The summed E-state index contributed by atoms with van der Waals surface area (Å²) in [6.45, 7) is 4.78. The van der Waals surface area contributed by atoms with Gasteiger partial charge in [-0.3, -0.25) is 4.79 Å². The molecule has 1 amide bonds. The normalized spacial score (nSPS) is 10.8. The number of rotatable bonds is 9. The van der Waals surface area contributed by atoms with Crippen LogP contribution in [0.1, 0.15) is 19.4 Å². The second kappa shape index (κ2) is 10.3. The lowest BCUT2D eigenvalue weighted by molar-refractivity contribution is -0.111. The molecular weight excluding hydrogens is 358 g/mol. The van der Waals surface area contributed by atoms with Gasteiger partial charge >= 0.3 is 0 Å². The van der Waals surface area contributed by atoms with E-state index in [2.05, 4.69) is 19.2 Å². The van der Waals surface area contributed by atoms with Gasteiger partial charge in [-0.15, -0.1) is 0 Å². The molecule has 6 heteroatoms. The lowest BCUT2D eigenvalue weighted by Crippen LogP contribution is -2.08. The Morgan fingerprint density at radius 3 is 2.21 bits per heavy atom. The van der Waals surface area contributed by atoms with E-state index < -0.39 is 0 Å². The zero-order chi connectivity index (χ0) is 20.5. The molecule has 0 heterocycles. The molecule has 0 aliphatic carbocycles. The van der Waals surface area contributed by atoms with Crippen LogP contribution < -0.4 is 24.3 Å². The summed E-state index contributed by atoms with van der Waals surface area (Å²) >= 11 is 0. The minimum absolute atomic E-state index is 0.258. The summed E-state index contributed by atoms with van der Waals surface area (Å²) in [5.74, 6) is 2.62. The number of anilines is 1. The molecule has 2 aromatic rings. The van der Waals surface area contributed by atoms with E-state index in [1.807, 2.05) is 18.2 Å². The Bertz CT molecular complexity index is 830. The highest BCUT2D eigenvalue weighted by Crippen LogP contribution is 2.30. The van der Waals surface area contributed by atoms with E-state index in [1.165, 1.54) is 6.08 Å². The van der Waals surface area contributed by atoms with Crippen LogP contribution in [-0.2, 0) is 4.79 Å². The first-order chi connectivity index (χ1) is 13.5. The van der Waals surface area contributed by atoms with E-state index in [-0.39, 0.29) is 5.91 Å². The molecule has 1 N–H and O–H groups in total. The van der Waals surface area contributed by atoms with Crippen molar-refractivity contribution in [3.05, 3.63) is 48.0 Å². The van der Waals surface area contributed by atoms with Crippen molar-refractivity contribution >= 4 is 17.7 Å². The first-order valence-corrected chi connectivity index (χ1v) is 8.98. The largest absolute Gasteiger partial charge is 0.493 e. The number of hydrogen-bond donors (Lipinski definition) is 1. The van der Waals surface area contributed by atoms with Gasteiger partial charge in [0.2, 0.25) is 5.91 Å². The topological polar surface area (TPSA) is 66.0 Å². The summed E-state index contributed by atoms with van der Waals surface area (Å²) < 4.78 is 21.6. The van der Waals surface area contributed by atoms with Crippen LogP contribution in [0, 0.1) is 5.92 Å². The molecule has 0 aliphatic heterocycles. The number of carbonyl (C=O) groups is 1. The van der Waals surface area contributed by atoms with Crippen molar-refractivity contribution in [2.75, 3.05) is 33.3 Å². The van der Waals surface area contributed by atoms with E-state index in [0.717, 1.165) is 5.56 Å². The Balaban J connectivity index is 2.05. The van der Waals surface area contributed by atoms with Gasteiger partial charge in [0.25, 0.3) is 0 Å². The van der Waals surface area contributed by atoms with Crippen molar-refractivity contribution in [3.8, 4) is 23.0 Å². The van der Waals surface area contributed by atoms with E-state index in [1.54, 1.807) is 45.6 Å². The van der Waals surface area contributed by atoms with Crippen LogP contribution in [0.25, 0.3) is 6.08 Å². The molecule has 0 aromatic heterocycles. The highest BCUT2D eigenvalue weighted by molar-refractivity contribution is 6.02. The molecule has 0 spiro atoms. The fourth-order valence-electron chi connectivity index (χ4n) is 2.43. The van der Waals surface area contributed by atoms with Crippen LogP contribution in [0.15, 0.2) is 42.5 Å². The lowest BCUT2D eigenvalue weighted by atomic mass is 10.2. The van der Waals surface area contributed by atoms with Crippen molar-refractivity contribution in [3.63, 3.8) is 0 Å². The van der Waals surface area contributed by atoms with Gasteiger partial charge in [-0.1, -0.05) is 19.9 Å². The molecule has 0 bridgehead atoms. The van der Waals surface area contributed by atoms with Crippen molar-refractivity contribution in [1.82, 2.24) is 0 Å². The molecule has 0 unspecified atom stereocenters. The standard InChI is InChI=1S/C22H27NO5/c1-15(2)14-28-19-9-6-16(12-20(19)26-4)7-11-22(24)23-17-8-10-18(25-3)21(13-17)27-5/h6-13,15H,14H2,1-5H3,(H,23,24)/b11-7+. The number of carbonyl (C=O) groups excluding carboxylic acids is 1. The quantitative estimate of drug-likeness (QED) is 0.648. The predicted molar refractivity (Wildman–Crippen MR) is 111 cm³/mol. The van der Waals surface area contributed by atoms with Crippen molar-refractivity contribution < 1.29 is 23.7 Å². The molecule has 0 radical (unpaired) electrons. The van der Waals surface area contributed by atoms with Gasteiger partial charge in [-0.2, -0.15) is 0 Å². The number of benzene rings is 2. The van der Waals surface area contributed by atoms with Crippen LogP contribution in [-0.4, -0.2) is 33.8 Å². The number of ether oxygens (including phenoxy) is 4. The third kappa shape index (κ3) is 5.94. The molecular formula is C22H27NO5. The summed E-state index contributed by atoms with van der Waals surface area (Å²) in [6.07, 6.45) is 3.17. The van der Waals surface area contributed by atoms with Crippen LogP contribution in [0.2, 0.25) is 0 Å². The number of amides is 1. The number of hydrogen-bond acceptors (Lipinski definition) is 5. The van der Waals surface area contributed by atoms with Crippen molar-refractivity contribution in [2.45, 2.75) is 13.8 Å². The monoisotopic (exact) mass is 385 g/mol. The maximum atomic E-state index is 12.2. The van der Waals surface area contributed by atoms with Crippen molar-refractivity contribution in [2.24, 2.45) is 5.92 Å².